The summed E-state index contributed by atoms with van der Waals surface area (Å²) in [4.78, 5) is 55.4. The molecule has 1 N–H and O–H groups in total. The number of Topliss-reactive ketones (excluding diaryl/α,β-unsaturated/α-hetero) is 1. The van der Waals surface area contributed by atoms with Gasteiger partial charge in [-0.15, -0.1) is 13.2 Å². The van der Waals surface area contributed by atoms with Gasteiger partial charge in [-0.25, -0.2) is 0 Å². The van der Waals surface area contributed by atoms with E-state index in [4.69, 9.17) is 0 Å². The van der Waals surface area contributed by atoms with Crippen molar-refractivity contribution < 1.29 is 42.2 Å². The van der Waals surface area contributed by atoms with Gasteiger partial charge in [0.1, 0.15) is 11.5 Å². The maximum absolute atomic E-state index is 13.9. The topological polar surface area (TPSA) is 101 Å². The lowest BCUT2D eigenvalue weighted by atomic mass is 9.59. The van der Waals surface area contributed by atoms with Gasteiger partial charge in [0.2, 0.25) is 11.8 Å². The number of rotatable bonds is 4. The largest absolute Gasteiger partial charge is 0.573 e. The molecule has 0 aromatic heterocycles. The molecule has 1 saturated heterocycles. The van der Waals surface area contributed by atoms with E-state index in [0.717, 1.165) is 28.7 Å². The van der Waals surface area contributed by atoms with Crippen LogP contribution >= 0.6 is 0 Å². The minimum absolute atomic E-state index is 0.00362. The van der Waals surface area contributed by atoms with Gasteiger partial charge in [-0.2, -0.15) is 0 Å². The summed E-state index contributed by atoms with van der Waals surface area (Å²) in [5, 5.41) is 10.9. The van der Waals surface area contributed by atoms with E-state index in [2.05, 4.69) is 11.3 Å². The molecule has 2 aromatic carbocycles. The van der Waals surface area contributed by atoms with Crippen LogP contribution in [0.3, 0.4) is 0 Å². The number of benzene rings is 2. The molecule has 0 bridgehead atoms. The number of imide groups is 1. The number of ether oxygens (including phenoxy) is 1. The molecule has 2 amide bonds. The summed E-state index contributed by atoms with van der Waals surface area (Å²) in [5.41, 5.74) is 1.97. The minimum Gasteiger partial charge on any atom is -0.508 e. The number of amides is 2. The monoisotopic (exact) mass is 575 g/mol. The summed E-state index contributed by atoms with van der Waals surface area (Å²) < 4.78 is 43.3. The molecule has 4 atom stereocenters. The highest BCUT2D eigenvalue weighted by Gasteiger charge is 2.57. The molecule has 4 aliphatic rings. The van der Waals surface area contributed by atoms with Crippen LogP contribution < -0.4 is 9.64 Å². The van der Waals surface area contributed by atoms with Gasteiger partial charge in [-0.3, -0.25) is 24.1 Å². The Morgan fingerprint density at radius 1 is 1.02 bits per heavy atom. The van der Waals surface area contributed by atoms with Crippen molar-refractivity contribution in [2.24, 2.45) is 17.8 Å². The number of hydrogen-bond acceptors (Lipinski definition) is 6. The molecule has 214 valence electrons. The molecule has 7 nitrogen and oxygen atoms in total. The van der Waals surface area contributed by atoms with E-state index < -0.39 is 64.9 Å². The summed E-state index contributed by atoms with van der Waals surface area (Å²) >= 11 is 0. The molecular formula is C32H24F3NO6. The molecule has 0 unspecified atom stereocenters. The molecule has 1 heterocycles. The van der Waals surface area contributed by atoms with Gasteiger partial charge in [0, 0.05) is 28.2 Å². The van der Waals surface area contributed by atoms with Crippen molar-refractivity contribution in [1.29, 1.82) is 0 Å². The van der Waals surface area contributed by atoms with Crippen LogP contribution in [0.15, 0.2) is 83.5 Å². The van der Waals surface area contributed by atoms with Crippen LogP contribution in [0.4, 0.5) is 18.9 Å². The lowest BCUT2D eigenvalue weighted by Crippen LogP contribution is -2.39. The number of carbonyl (C=O) groups is 4. The predicted octanol–water partition coefficient (Wildman–Crippen LogP) is 5.57. The Morgan fingerprint density at radius 3 is 2.40 bits per heavy atom. The number of phenolic OH excluding ortho intramolecular Hbond substituents is 1. The zero-order chi connectivity index (χ0) is 30.1. The standard InChI is InChI=1S/C32H24F3NO6/c1-3-16-4-6-17(7-5-16)36-30(40)20-10-9-19-21(27(20)31(36)41)14-23-28(25(38)12-15(2)29(23)39)26(19)22-13-18(8-11-24(22)37)42-32(33,34)35/h3-9,11-13,20-21,26-27,37H,1,10,14H2,2H3/t20-,21+,26+,27-/m0/s1. The van der Waals surface area contributed by atoms with Crippen molar-refractivity contribution in [3.63, 3.8) is 0 Å². The molecular weight excluding hydrogens is 551 g/mol. The fourth-order valence-corrected chi connectivity index (χ4v) is 6.71. The average molecular weight is 576 g/mol. The maximum Gasteiger partial charge on any atom is 0.573 e. The number of allylic oxidation sites excluding steroid dienone is 6. The van der Waals surface area contributed by atoms with E-state index >= 15 is 0 Å². The molecule has 1 fully saturated rings. The Balaban J connectivity index is 1.48. The second-order valence-corrected chi connectivity index (χ2v) is 10.8. The van der Waals surface area contributed by atoms with E-state index in [0.29, 0.717) is 11.3 Å². The predicted molar refractivity (Wildman–Crippen MR) is 145 cm³/mol. The summed E-state index contributed by atoms with van der Waals surface area (Å²) in [6.45, 7) is 5.20. The maximum atomic E-state index is 13.9. The van der Waals surface area contributed by atoms with Crippen molar-refractivity contribution in [3.05, 3.63) is 94.6 Å². The van der Waals surface area contributed by atoms with Crippen LogP contribution in [0.2, 0.25) is 0 Å². The number of carbonyl (C=O) groups excluding carboxylic acids is 4. The van der Waals surface area contributed by atoms with E-state index in [1.54, 1.807) is 36.4 Å². The Bertz CT molecular complexity index is 1680. The molecule has 42 heavy (non-hydrogen) atoms. The molecule has 10 heteroatoms. The first-order valence-electron chi connectivity index (χ1n) is 13.3. The number of anilines is 1. The van der Waals surface area contributed by atoms with E-state index in [-0.39, 0.29) is 35.1 Å². The molecule has 0 saturated carbocycles. The number of phenols is 1. The van der Waals surface area contributed by atoms with Gasteiger partial charge in [0.25, 0.3) is 0 Å². The molecule has 1 aliphatic heterocycles. The third-order valence-electron chi connectivity index (χ3n) is 8.49. The number of hydrogen-bond donors (Lipinski definition) is 1. The van der Waals surface area contributed by atoms with Crippen LogP contribution in [-0.2, 0) is 19.2 Å². The normalized spacial score (nSPS) is 25.5. The van der Waals surface area contributed by atoms with Gasteiger partial charge in [-0.1, -0.05) is 36.4 Å². The van der Waals surface area contributed by atoms with Crippen LogP contribution in [0, 0.1) is 17.8 Å². The minimum atomic E-state index is -5.01. The molecule has 0 spiro atoms. The number of fused-ring (bicyclic) bond motifs is 3. The van der Waals surface area contributed by atoms with Crippen LogP contribution in [0.1, 0.15) is 36.8 Å². The zero-order valence-electron chi connectivity index (χ0n) is 22.3. The van der Waals surface area contributed by atoms with Crippen LogP contribution in [-0.4, -0.2) is 34.8 Å². The van der Waals surface area contributed by atoms with Crippen molar-refractivity contribution >= 4 is 35.1 Å². The molecule has 3 aliphatic carbocycles. The van der Waals surface area contributed by atoms with Gasteiger partial charge in [0.15, 0.2) is 11.6 Å². The summed E-state index contributed by atoms with van der Waals surface area (Å²) in [7, 11) is 0. The Hall–Kier alpha value is -4.73. The number of alkyl halides is 3. The van der Waals surface area contributed by atoms with E-state index in [1.807, 2.05) is 0 Å². The van der Waals surface area contributed by atoms with Crippen LogP contribution in [0.25, 0.3) is 6.08 Å². The SMILES string of the molecule is C=Cc1ccc(N2C(=O)[C@H]3[C@H](CC=C4[C@H](c5cc(OC(F)(F)F)ccc5O)C5=C(C[C@H]43)C(=O)C(C)=CC5=O)C2=O)cc1. The third-order valence-corrected chi connectivity index (χ3v) is 8.49. The fraction of sp³-hybridized carbons (Fsp3) is 0.250. The second kappa shape index (κ2) is 9.68. The van der Waals surface area contributed by atoms with Crippen molar-refractivity contribution in [2.75, 3.05) is 4.90 Å². The smallest absolute Gasteiger partial charge is 0.508 e. The van der Waals surface area contributed by atoms with Crippen molar-refractivity contribution in [2.45, 2.75) is 32.0 Å². The molecule has 6 rings (SSSR count). The summed E-state index contributed by atoms with van der Waals surface area (Å²) in [5.74, 6) is -6.25. The fourth-order valence-electron chi connectivity index (χ4n) is 6.71. The number of nitrogens with zero attached hydrogens (tertiary/aromatic N) is 1. The number of ketones is 2. The highest BCUT2D eigenvalue weighted by molar-refractivity contribution is 6.25. The number of halogens is 3. The van der Waals surface area contributed by atoms with Gasteiger partial charge >= 0.3 is 6.36 Å². The van der Waals surface area contributed by atoms with Gasteiger partial charge in [-0.05, 0) is 67.7 Å². The Labute approximate surface area is 238 Å². The van der Waals surface area contributed by atoms with Gasteiger partial charge in [0.05, 0.1) is 17.5 Å². The average Bonchev–Trinajstić information content (AvgIpc) is 3.20. The molecule has 0 radical (unpaired) electrons. The first kappa shape index (κ1) is 27.4. The Kier molecular flexibility index (Phi) is 6.32. The first-order chi connectivity index (χ1) is 19.9. The summed E-state index contributed by atoms with van der Waals surface area (Å²) in [6, 6.07) is 9.70. The van der Waals surface area contributed by atoms with Gasteiger partial charge < -0.3 is 9.84 Å². The third kappa shape index (κ3) is 4.29. The van der Waals surface area contributed by atoms with E-state index in [1.165, 1.54) is 13.0 Å². The Morgan fingerprint density at radius 2 is 1.74 bits per heavy atom. The van der Waals surface area contributed by atoms with Crippen LogP contribution in [0.5, 0.6) is 11.5 Å². The first-order valence-corrected chi connectivity index (χ1v) is 13.3. The van der Waals surface area contributed by atoms with E-state index in [9.17, 15) is 37.5 Å². The quantitative estimate of drug-likeness (QED) is 0.291. The summed E-state index contributed by atoms with van der Waals surface area (Å²) in [6.07, 6.45) is -0.355. The van der Waals surface area contributed by atoms with Crippen molar-refractivity contribution in [3.8, 4) is 11.5 Å². The zero-order valence-corrected chi connectivity index (χ0v) is 22.3. The lowest BCUT2D eigenvalue weighted by Gasteiger charge is -2.42. The lowest BCUT2D eigenvalue weighted by molar-refractivity contribution is -0.274. The number of aromatic hydroxyl groups is 1. The van der Waals surface area contributed by atoms with Crippen molar-refractivity contribution in [1.82, 2.24) is 0 Å². The second-order valence-electron chi connectivity index (χ2n) is 10.8. The highest BCUT2D eigenvalue weighted by Crippen LogP contribution is 2.56. The highest BCUT2D eigenvalue weighted by atomic mass is 19.4. The molecule has 2 aromatic rings.